The molecule has 5 heteroatoms. The molecule has 0 radical (unpaired) electrons. The van der Waals surface area contributed by atoms with E-state index in [4.69, 9.17) is 0 Å². The highest BCUT2D eigenvalue weighted by Crippen LogP contribution is 2.33. The smallest absolute Gasteiger partial charge is 0.230 e. The van der Waals surface area contributed by atoms with Crippen LogP contribution >= 0.6 is 23.1 Å². The fourth-order valence-electron chi connectivity index (χ4n) is 2.60. The third-order valence-corrected chi connectivity index (χ3v) is 6.20. The van der Waals surface area contributed by atoms with E-state index >= 15 is 0 Å². The lowest BCUT2D eigenvalue weighted by Gasteiger charge is -2.35. The Kier molecular flexibility index (Phi) is 5.93. The van der Waals surface area contributed by atoms with Gasteiger partial charge in [-0.15, -0.1) is 23.1 Å². The molecule has 112 valence electrons. The first-order valence-electron chi connectivity index (χ1n) is 7.27. The molecule has 1 amide bonds. The van der Waals surface area contributed by atoms with Crippen molar-refractivity contribution in [2.45, 2.75) is 48.8 Å². The van der Waals surface area contributed by atoms with Gasteiger partial charge in [-0.25, -0.2) is 0 Å². The third kappa shape index (κ3) is 4.79. The second kappa shape index (κ2) is 7.48. The highest BCUT2D eigenvalue weighted by molar-refractivity contribution is 8.01. The normalized spacial score (nSPS) is 26.4. The maximum atomic E-state index is 11.8. The third-order valence-electron chi connectivity index (χ3n) is 4.07. The van der Waals surface area contributed by atoms with Crippen LogP contribution in [0.2, 0.25) is 0 Å². The van der Waals surface area contributed by atoms with Crippen molar-refractivity contribution in [3.05, 3.63) is 17.5 Å². The van der Waals surface area contributed by atoms with Gasteiger partial charge in [0.1, 0.15) is 0 Å². The fourth-order valence-corrected chi connectivity index (χ4v) is 4.21. The quantitative estimate of drug-likeness (QED) is 0.792. The lowest BCUT2D eigenvalue weighted by Crippen LogP contribution is -2.45. The van der Waals surface area contributed by atoms with Crippen molar-refractivity contribution in [3.8, 4) is 0 Å². The van der Waals surface area contributed by atoms with Gasteiger partial charge >= 0.3 is 0 Å². The Morgan fingerprint density at radius 2 is 2.30 bits per heavy atom. The molecule has 0 saturated heterocycles. The Hall–Kier alpha value is -0.520. The summed E-state index contributed by atoms with van der Waals surface area (Å²) < 4.78 is 1.15. The molecule has 1 aromatic heterocycles. The summed E-state index contributed by atoms with van der Waals surface area (Å²) in [6.07, 6.45) is 4.97. The van der Waals surface area contributed by atoms with Gasteiger partial charge in [-0.3, -0.25) is 4.79 Å². The summed E-state index contributed by atoms with van der Waals surface area (Å²) in [5.41, 5.74) is -0.686. The first kappa shape index (κ1) is 15.9. The highest BCUT2D eigenvalue weighted by Gasteiger charge is 2.32. The van der Waals surface area contributed by atoms with Crippen LogP contribution < -0.4 is 5.32 Å². The largest absolute Gasteiger partial charge is 0.388 e. The van der Waals surface area contributed by atoms with Gasteiger partial charge in [0.15, 0.2) is 0 Å². The first-order valence-corrected chi connectivity index (χ1v) is 9.13. The number of rotatable bonds is 6. The van der Waals surface area contributed by atoms with E-state index in [1.54, 1.807) is 23.1 Å². The Morgan fingerprint density at radius 3 is 2.90 bits per heavy atom. The Balaban J connectivity index is 1.67. The van der Waals surface area contributed by atoms with Crippen molar-refractivity contribution in [2.24, 2.45) is 5.92 Å². The molecule has 0 spiro atoms. The van der Waals surface area contributed by atoms with Crippen molar-refractivity contribution in [1.29, 1.82) is 0 Å². The van der Waals surface area contributed by atoms with Crippen LogP contribution in [0.4, 0.5) is 0 Å². The monoisotopic (exact) mass is 313 g/mol. The van der Waals surface area contributed by atoms with Crippen LogP contribution in [0.3, 0.4) is 0 Å². The molecule has 2 rings (SSSR count). The zero-order valence-electron chi connectivity index (χ0n) is 11.9. The van der Waals surface area contributed by atoms with Crippen LogP contribution in [0, 0.1) is 5.92 Å². The summed E-state index contributed by atoms with van der Waals surface area (Å²) >= 11 is 3.20. The highest BCUT2D eigenvalue weighted by atomic mass is 32.2. The minimum absolute atomic E-state index is 0.00874. The number of carbonyl (C=O) groups is 1. The zero-order chi connectivity index (χ0) is 14.4. The number of nitrogens with one attached hydrogen (secondary N) is 1. The maximum Gasteiger partial charge on any atom is 0.230 e. The van der Waals surface area contributed by atoms with Crippen LogP contribution in [0.25, 0.3) is 0 Å². The summed E-state index contributed by atoms with van der Waals surface area (Å²) in [6, 6.07) is 4.00. The molecule has 0 aromatic carbocycles. The molecule has 2 N–H and O–H groups in total. The van der Waals surface area contributed by atoms with Gasteiger partial charge < -0.3 is 10.4 Å². The molecule has 1 aliphatic carbocycles. The standard InChI is InChI=1S/C15H23NO2S2/c1-2-12-5-7-15(18,8-6-12)11-16-13(17)10-20-14-4-3-9-19-14/h3-4,9,12,18H,2,5-8,10-11H2,1H3,(H,16,17). The summed E-state index contributed by atoms with van der Waals surface area (Å²) in [4.78, 5) is 11.8. The average Bonchev–Trinajstić information content (AvgIpc) is 2.97. The van der Waals surface area contributed by atoms with Crippen LogP contribution in [0.1, 0.15) is 39.0 Å². The Morgan fingerprint density at radius 1 is 1.55 bits per heavy atom. The fraction of sp³-hybridized carbons (Fsp3) is 0.667. The maximum absolute atomic E-state index is 11.8. The van der Waals surface area contributed by atoms with Gasteiger partial charge in [-0.2, -0.15) is 0 Å². The average molecular weight is 313 g/mol. The molecule has 1 fully saturated rings. The minimum Gasteiger partial charge on any atom is -0.388 e. The van der Waals surface area contributed by atoms with E-state index in [0.717, 1.165) is 35.8 Å². The van der Waals surface area contributed by atoms with Crippen LogP contribution in [0.15, 0.2) is 21.7 Å². The molecule has 20 heavy (non-hydrogen) atoms. The van der Waals surface area contributed by atoms with Gasteiger partial charge in [-0.1, -0.05) is 19.4 Å². The molecule has 0 atom stereocenters. The Labute approximate surface area is 129 Å². The molecule has 1 aromatic rings. The van der Waals surface area contributed by atoms with Gasteiger partial charge in [0.05, 0.1) is 15.6 Å². The molecule has 0 aliphatic heterocycles. The van der Waals surface area contributed by atoms with Gasteiger partial charge in [-0.05, 0) is 43.0 Å². The molecular weight excluding hydrogens is 290 g/mol. The predicted octanol–water partition coefficient (Wildman–Crippen LogP) is 3.29. The van der Waals surface area contributed by atoms with E-state index in [0.29, 0.717) is 12.3 Å². The van der Waals surface area contributed by atoms with Gasteiger partial charge in [0.2, 0.25) is 5.91 Å². The summed E-state index contributed by atoms with van der Waals surface area (Å²) in [7, 11) is 0. The zero-order valence-corrected chi connectivity index (χ0v) is 13.6. The topological polar surface area (TPSA) is 49.3 Å². The molecule has 0 bridgehead atoms. The van der Waals surface area contributed by atoms with E-state index in [1.165, 1.54) is 6.42 Å². The molecule has 1 heterocycles. The number of amides is 1. The van der Waals surface area contributed by atoms with Crippen LogP contribution in [-0.4, -0.2) is 28.9 Å². The molecule has 1 saturated carbocycles. The number of aliphatic hydroxyl groups is 1. The SMILES string of the molecule is CCC1CCC(O)(CNC(=O)CSc2cccs2)CC1. The number of hydrogen-bond donors (Lipinski definition) is 2. The number of hydrogen-bond acceptors (Lipinski definition) is 4. The predicted molar refractivity (Wildman–Crippen MR) is 85.3 cm³/mol. The van der Waals surface area contributed by atoms with Crippen molar-refractivity contribution < 1.29 is 9.90 Å². The van der Waals surface area contributed by atoms with Crippen molar-refractivity contribution in [3.63, 3.8) is 0 Å². The first-order chi connectivity index (χ1) is 9.61. The minimum atomic E-state index is -0.686. The van der Waals surface area contributed by atoms with Crippen molar-refractivity contribution >= 4 is 29.0 Å². The van der Waals surface area contributed by atoms with E-state index in [2.05, 4.69) is 12.2 Å². The molecule has 0 unspecified atom stereocenters. The van der Waals surface area contributed by atoms with E-state index in [9.17, 15) is 9.90 Å². The van der Waals surface area contributed by atoms with Gasteiger partial charge in [0.25, 0.3) is 0 Å². The van der Waals surface area contributed by atoms with Crippen molar-refractivity contribution in [2.75, 3.05) is 12.3 Å². The lowest BCUT2D eigenvalue weighted by molar-refractivity contribution is -0.120. The summed E-state index contributed by atoms with van der Waals surface area (Å²) in [6.45, 7) is 2.60. The van der Waals surface area contributed by atoms with Crippen LogP contribution in [-0.2, 0) is 4.79 Å². The molecular formula is C15H23NO2S2. The van der Waals surface area contributed by atoms with E-state index < -0.39 is 5.60 Å². The Bertz CT molecular complexity index is 412. The number of carbonyl (C=O) groups excluding carboxylic acids is 1. The molecule has 3 nitrogen and oxygen atoms in total. The van der Waals surface area contributed by atoms with Crippen molar-refractivity contribution in [1.82, 2.24) is 5.32 Å². The van der Waals surface area contributed by atoms with Gasteiger partial charge in [0, 0.05) is 6.54 Å². The second-order valence-electron chi connectivity index (χ2n) is 5.57. The molecule has 1 aliphatic rings. The number of thiophene rings is 1. The lowest BCUT2D eigenvalue weighted by atomic mass is 9.78. The van der Waals surface area contributed by atoms with E-state index in [1.807, 2.05) is 17.5 Å². The summed E-state index contributed by atoms with van der Waals surface area (Å²) in [5, 5.41) is 15.4. The van der Waals surface area contributed by atoms with Crippen LogP contribution in [0.5, 0.6) is 0 Å². The van der Waals surface area contributed by atoms with E-state index in [-0.39, 0.29) is 5.91 Å². The number of thioether (sulfide) groups is 1. The summed E-state index contributed by atoms with van der Waals surface area (Å²) in [5.74, 6) is 1.18. The second-order valence-corrected chi connectivity index (χ2v) is 7.80.